The molecule has 0 atom stereocenters. The van der Waals surface area contributed by atoms with Crippen LogP contribution in [0.2, 0.25) is 0 Å². The summed E-state index contributed by atoms with van der Waals surface area (Å²) in [4.78, 5) is 13.5. The van der Waals surface area contributed by atoms with Gasteiger partial charge in [0, 0.05) is 50.4 Å². The Bertz CT molecular complexity index is 733. The molecule has 2 heterocycles. The van der Waals surface area contributed by atoms with Gasteiger partial charge in [0.25, 0.3) is 0 Å². The van der Waals surface area contributed by atoms with E-state index < -0.39 is 5.97 Å². The lowest BCUT2D eigenvalue weighted by molar-refractivity contribution is -0.136. The maximum absolute atomic E-state index is 11.1. The molecule has 22 heavy (non-hydrogen) atoms. The minimum absolute atomic E-state index is 0.0787. The molecule has 5 heteroatoms. The maximum atomic E-state index is 11.1. The molecule has 1 N–H and O–H groups in total. The lowest BCUT2D eigenvalue weighted by atomic mass is 10.0. The zero-order valence-corrected chi connectivity index (χ0v) is 13.3. The number of benzene rings is 1. The van der Waals surface area contributed by atoms with Gasteiger partial charge in [0.1, 0.15) is 0 Å². The Kier molecular flexibility index (Phi) is 3.93. The third kappa shape index (κ3) is 2.51. The Balaban J connectivity index is 2.01. The van der Waals surface area contributed by atoms with Gasteiger partial charge < -0.3 is 14.4 Å². The van der Waals surface area contributed by atoms with Gasteiger partial charge in [0.05, 0.1) is 13.0 Å². The van der Waals surface area contributed by atoms with Gasteiger partial charge in [0.15, 0.2) is 0 Å². The van der Waals surface area contributed by atoms with E-state index in [0.717, 1.165) is 48.4 Å². The van der Waals surface area contributed by atoms with Crippen molar-refractivity contribution in [1.82, 2.24) is 9.47 Å². The van der Waals surface area contributed by atoms with Gasteiger partial charge in [-0.3, -0.25) is 9.69 Å². The first-order chi connectivity index (χ1) is 10.5. The van der Waals surface area contributed by atoms with E-state index in [1.807, 2.05) is 14.0 Å². The minimum Gasteiger partial charge on any atom is -0.481 e. The van der Waals surface area contributed by atoms with Crippen molar-refractivity contribution in [3.63, 3.8) is 0 Å². The number of ether oxygens (including phenoxy) is 1. The number of fused-ring (bicyclic) bond motifs is 2. The Morgan fingerprint density at radius 2 is 2.00 bits per heavy atom. The molecule has 2 aromatic rings. The first-order valence-electron chi connectivity index (χ1n) is 7.54. The monoisotopic (exact) mass is 302 g/mol. The standard InChI is InChI=1S/C17H22N2O3/c1-11-14(8-17(20)21)15-6-12-9-19(4-5-22-3)10-13(12)7-16(15)18(11)2/h6-7H,4-5,8-10H2,1-3H3,(H,20,21). The van der Waals surface area contributed by atoms with Crippen LogP contribution in [0.3, 0.4) is 0 Å². The molecule has 0 fully saturated rings. The van der Waals surface area contributed by atoms with Gasteiger partial charge in [-0.1, -0.05) is 0 Å². The fraction of sp³-hybridized carbons (Fsp3) is 0.471. The lowest BCUT2D eigenvalue weighted by Gasteiger charge is -2.13. The third-order valence-corrected chi connectivity index (χ3v) is 4.67. The van der Waals surface area contributed by atoms with Gasteiger partial charge in [-0.15, -0.1) is 0 Å². The third-order valence-electron chi connectivity index (χ3n) is 4.67. The average molecular weight is 302 g/mol. The second-order valence-electron chi connectivity index (χ2n) is 6.04. The van der Waals surface area contributed by atoms with Crippen molar-refractivity contribution in [2.75, 3.05) is 20.3 Å². The van der Waals surface area contributed by atoms with Crippen molar-refractivity contribution < 1.29 is 14.6 Å². The SMILES string of the molecule is COCCN1Cc2cc3c(CC(=O)O)c(C)n(C)c3cc2C1. The molecule has 1 aliphatic heterocycles. The van der Waals surface area contributed by atoms with Crippen LogP contribution in [0, 0.1) is 6.92 Å². The summed E-state index contributed by atoms with van der Waals surface area (Å²) in [6, 6.07) is 4.40. The Morgan fingerprint density at radius 1 is 1.32 bits per heavy atom. The zero-order valence-electron chi connectivity index (χ0n) is 13.3. The summed E-state index contributed by atoms with van der Waals surface area (Å²) in [6.07, 6.45) is 0.0787. The molecule has 1 aromatic heterocycles. The van der Waals surface area contributed by atoms with E-state index in [2.05, 4.69) is 21.6 Å². The van der Waals surface area contributed by atoms with Gasteiger partial charge in [0.2, 0.25) is 0 Å². The highest BCUT2D eigenvalue weighted by atomic mass is 16.5. The largest absolute Gasteiger partial charge is 0.481 e. The Labute approximate surface area is 130 Å². The van der Waals surface area contributed by atoms with Crippen LogP contribution in [0.1, 0.15) is 22.4 Å². The highest BCUT2D eigenvalue weighted by Crippen LogP contribution is 2.32. The molecule has 0 saturated heterocycles. The summed E-state index contributed by atoms with van der Waals surface area (Å²) < 4.78 is 7.25. The van der Waals surface area contributed by atoms with Crippen LogP contribution in [-0.4, -0.2) is 40.8 Å². The summed E-state index contributed by atoms with van der Waals surface area (Å²) in [5, 5.41) is 10.2. The molecule has 0 bridgehead atoms. The van der Waals surface area contributed by atoms with E-state index in [0.29, 0.717) is 0 Å². The van der Waals surface area contributed by atoms with Crippen LogP contribution in [0.5, 0.6) is 0 Å². The fourth-order valence-electron chi connectivity index (χ4n) is 3.36. The van der Waals surface area contributed by atoms with Crippen molar-refractivity contribution >= 4 is 16.9 Å². The second-order valence-corrected chi connectivity index (χ2v) is 6.04. The van der Waals surface area contributed by atoms with Crippen molar-refractivity contribution in [3.05, 3.63) is 34.5 Å². The normalized spacial score (nSPS) is 14.7. The molecule has 1 aromatic carbocycles. The quantitative estimate of drug-likeness (QED) is 0.919. The number of carboxylic acid groups (broad SMARTS) is 1. The molecule has 0 saturated carbocycles. The molecular weight excluding hydrogens is 280 g/mol. The topological polar surface area (TPSA) is 54.7 Å². The molecule has 5 nitrogen and oxygen atoms in total. The number of aromatic nitrogens is 1. The molecule has 0 radical (unpaired) electrons. The minimum atomic E-state index is -0.780. The Hall–Kier alpha value is -1.85. The smallest absolute Gasteiger partial charge is 0.307 e. The number of nitrogens with zero attached hydrogens (tertiary/aromatic N) is 2. The van der Waals surface area contributed by atoms with E-state index in [1.54, 1.807) is 7.11 Å². The summed E-state index contributed by atoms with van der Waals surface area (Å²) >= 11 is 0. The van der Waals surface area contributed by atoms with Crippen LogP contribution in [-0.2, 0) is 36.1 Å². The van der Waals surface area contributed by atoms with Gasteiger partial charge >= 0.3 is 5.97 Å². The van der Waals surface area contributed by atoms with Crippen molar-refractivity contribution in [2.45, 2.75) is 26.4 Å². The van der Waals surface area contributed by atoms with E-state index in [4.69, 9.17) is 9.84 Å². The molecule has 0 aliphatic carbocycles. The van der Waals surface area contributed by atoms with Crippen LogP contribution in [0.4, 0.5) is 0 Å². The van der Waals surface area contributed by atoms with Gasteiger partial charge in [-0.2, -0.15) is 0 Å². The number of methoxy groups -OCH3 is 1. The van der Waals surface area contributed by atoms with Crippen molar-refractivity contribution in [1.29, 1.82) is 0 Å². The first kappa shape index (κ1) is 15.1. The first-order valence-corrected chi connectivity index (χ1v) is 7.54. The van der Waals surface area contributed by atoms with Crippen LogP contribution >= 0.6 is 0 Å². The highest BCUT2D eigenvalue weighted by Gasteiger charge is 2.22. The molecule has 118 valence electrons. The molecule has 0 unspecified atom stereocenters. The van der Waals surface area contributed by atoms with E-state index in [1.165, 1.54) is 11.1 Å². The predicted molar refractivity (Wildman–Crippen MR) is 85.0 cm³/mol. The maximum Gasteiger partial charge on any atom is 0.307 e. The highest BCUT2D eigenvalue weighted by molar-refractivity contribution is 5.90. The molecule has 3 rings (SSSR count). The molecule has 1 aliphatic rings. The fourth-order valence-corrected chi connectivity index (χ4v) is 3.36. The van der Waals surface area contributed by atoms with Crippen molar-refractivity contribution in [3.8, 4) is 0 Å². The zero-order chi connectivity index (χ0) is 15.9. The van der Waals surface area contributed by atoms with E-state index in [-0.39, 0.29) is 6.42 Å². The molecular formula is C17H22N2O3. The number of carboxylic acids is 1. The average Bonchev–Trinajstić information content (AvgIpc) is 2.97. The predicted octanol–water partition coefficient (Wildman–Crippen LogP) is 2.08. The number of carbonyl (C=O) groups is 1. The number of rotatable bonds is 5. The number of aliphatic carboxylic acids is 1. The summed E-state index contributed by atoms with van der Waals surface area (Å²) in [7, 11) is 3.73. The number of aryl methyl sites for hydroxylation is 1. The molecule has 0 spiro atoms. The van der Waals surface area contributed by atoms with Crippen molar-refractivity contribution in [2.24, 2.45) is 7.05 Å². The van der Waals surface area contributed by atoms with E-state index >= 15 is 0 Å². The molecule has 0 amide bonds. The number of hydrogen-bond donors (Lipinski definition) is 1. The summed E-state index contributed by atoms with van der Waals surface area (Å²) in [5.41, 5.74) is 5.74. The number of hydrogen-bond acceptors (Lipinski definition) is 3. The Morgan fingerprint density at radius 3 is 2.64 bits per heavy atom. The van der Waals surface area contributed by atoms with Crippen LogP contribution < -0.4 is 0 Å². The van der Waals surface area contributed by atoms with E-state index in [9.17, 15) is 4.79 Å². The second kappa shape index (κ2) is 5.74. The van der Waals surface area contributed by atoms with Gasteiger partial charge in [-0.25, -0.2) is 0 Å². The summed E-state index contributed by atoms with van der Waals surface area (Å²) in [5.74, 6) is -0.780. The van der Waals surface area contributed by atoms with Gasteiger partial charge in [-0.05, 0) is 35.7 Å². The summed E-state index contributed by atoms with van der Waals surface area (Å²) in [6.45, 7) is 5.50. The van der Waals surface area contributed by atoms with Crippen LogP contribution in [0.15, 0.2) is 12.1 Å². The lowest BCUT2D eigenvalue weighted by Crippen LogP contribution is -2.21. The van der Waals surface area contributed by atoms with Crippen LogP contribution in [0.25, 0.3) is 10.9 Å².